The summed E-state index contributed by atoms with van der Waals surface area (Å²) < 4.78 is 34.4. The summed E-state index contributed by atoms with van der Waals surface area (Å²) in [4.78, 5) is 24.7. The van der Waals surface area contributed by atoms with Crippen molar-refractivity contribution in [3.63, 3.8) is 0 Å². The molecule has 0 radical (unpaired) electrons. The Hall–Kier alpha value is -3.76. The van der Waals surface area contributed by atoms with Crippen molar-refractivity contribution < 1.29 is 23.0 Å². The number of nitrogens with zero attached hydrogens (tertiary/aromatic N) is 2. The number of hydrogen-bond donors (Lipinski definition) is 2. The van der Waals surface area contributed by atoms with Crippen LogP contribution in [0.15, 0.2) is 64.3 Å². The van der Waals surface area contributed by atoms with Gasteiger partial charge in [-0.05, 0) is 36.4 Å². The SMILES string of the molecule is COc1ccc2c(=O)[nH]c(-c3ccc(OCCO)c(-c4ccc(S(C)(=O)=O)cc4)n3)nc2c1. The van der Waals surface area contributed by atoms with Gasteiger partial charge >= 0.3 is 0 Å². The maximum atomic E-state index is 12.6. The number of aliphatic hydroxyl groups excluding tert-OH is 1. The molecule has 2 aromatic heterocycles. The van der Waals surface area contributed by atoms with Gasteiger partial charge in [-0.15, -0.1) is 0 Å². The standard InChI is InChI=1S/C23H21N3O6S/c1-31-15-5-8-17-19(13-15)25-22(26-23(17)28)18-9-10-20(32-12-11-27)21(24-18)14-3-6-16(7-4-14)33(2,29)30/h3-10,13,27H,11-12H2,1-2H3,(H,25,26,28). The first-order valence-corrected chi connectivity index (χ1v) is 11.8. The van der Waals surface area contributed by atoms with Crippen LogP contribution in [-0.2, 0) is 9.84 Å². The number of methoxy groups -OCH3 is 1. The molecule has 0 saturated heterocycles. The molecule has 4 rings (SSSR count). The van der Waals surface area contributed by atoms with E-state index in [2.05, 4.69) is 15.0 Å². The monoisotopic (exact) mass is 467 g/mol. The van der Waals surface area contributed by atoms with Crippen LogP contribution in [0.4, 0.5) is 0 Å². The Morgan fingerprint density at radius 3 is 2.45 bits per heavy atom. The molecule has 0 amide bonds. The van der Waals surface area contributed by atoms with Crippen molar-refractivity contribution in [2.45, 2.75) is 4.90 Å². The van der Waals surface area contributed by atoms with Crippen LogP contribution < -0.4 is 15.0 Å². The Labute approximate surface area is 189 Å². The zero-order valence-corrected chi connectivity index (χ0v) is 18.7. The van der Waals surface area contributed by atoms with Crippen LogP contribution >= 0.6 is 0 Å². The molecule has 0 fully saturated rings. The maximum Gasteiger partial charge on any atom is 0.259 e. The Bertz CT molecular complexity index is 1480. The summed E-state index contributed by atoms with van der Waals surface area (Å²) in [5, 5.41) is 9.57. The second-order valence-electron chi connectivity index (χ2n) is 7.21. The smallest absolute Gasteiger partial charge is 0.259 e. The van der Waals surface area contributed by atoms with Crippen molar-refractivity contribution in [3.8, 4) is 34.3 Å². The van der Waals surface area contributed by atoms with Gasteiger partial charge in [0.2, 0.25) is 0 Å². The summed E-state index contributed by atoms with van der Waals surface area (Å²) in [7, 11) is -1.82. The van der Waals surface area contributed by atoms with E-state index in [0.29, 0.717) is 39.4 Å². The highest BCUT2D eigenvalue weighted by molar-refractivity contribution is 7.90. The van der Waals surface area contributed by atoms with Crippen molar-refractivity contribution in [3.05, 3.63) is 65.0 Å². The third-order valence-corrected chi connectivity index (χ3v) is 6.05. The minimum absolute atomic E-state index is 0.0559. The molecule has 0 aliphatic rings. The number of benzene rings is 2. The average molecular weight is 468 g/mol. The first-order chi connectivity index (χ1) is 15.8. The summed E-state index contributed by atoms with van der Waals surface area (Å²) in [5.41, 5.74) is 1.53. The van der Waals surface area contributed by atoms with Crippen molar-refractivity contribution in [1.29, 1.82) is 0 Å². The molecule has 170 valence electrons. The van der Waals surface area contributed by atoms with Crippen LogP contribution in [-0.4, -0.2) is 55.1 Å². The van der Waals surface area contributed by atoms with E-state index >= 15 is 0 Å². The Morgan fingerprint density at radius 2 is 1.79 bits per heavy atom. The van der Waals surface area contributed by atoms with Crippen LogP contribution in [0.25, 0.3) is 33.7 Å². The minimum Gasteiger partial charge on any atom is -0.497 e. The van der Waals surface area contributed by atoms with E-state index in [-0.39, 0.29) is 29.5 Å². The van der Waals surface area contributed by atoms with Crippen LogP contribution in [0.1, 0.15) is 0 Å². The van der Waals surface area contributed by atoms with E-state index in [4.69, 9.17) is 14.6 Å². The van der Waals surface area contributed by atoms with E-state index in [9.17, 15) is 13.2 Å². The number of hydrogen-bond acceptors (Lipinski definition) is 8. The van der Waals surface area contributed by atoms with Gasteiger partial charge in [0.05, 0.1) is 29.5 Å². The quantitative estimate of drug-likeness (QED) is 0.424. The summed E-state index contributed by atoms with van der Waals surface area (Å²) in [6, 6.07) is 14.5. The molecule has 0 bridgehead atoms. The molecule has 4 aromatic rings. The Morgan fingerprint density at radius 1 is 1.03 bits per heavy atom. The molecular formula is C23H21N3O6S. The van der Waals surface area contributed by atoms with Crippen molar-refractivity contribution in [2.24, 2.45) is 0 Å². The minimum atomic E-state index is -3.35. The third-order valence-electron chi connectivity index (χ3n) is 4.92. The van der Waals surface area contributed by atoms with Crippen molar-refractivity contribution in [1.82, 2.24) is 15.0 Å². The predicted octanol–water partition coefficient (Wildman–Crippen LogP) is 2.44. The zero-order chi connectivity index (χ0) is 23.6. The molecule has 0 unspecified atom stereocenters. The highest BCUT2D eigenvalue weighted by Crippen LogP contribution is 2.31. The lowest BCUT2D eigenvalue weighted by Gasteiger charge is -2.12. The van der Waals surface area contributed by atoms with Gasteiger partial charge in [0.25, 0.3) is 5.56 Å². The number of rotatable bonds is 7. The topological polar surface area (TPSA) is 131 Å². The van der Waals surface area contributed by atoms with Gasteiger partial charge < -0.3 is 19.6 Å². The molecule has 10 heteroatoms. The van der Waals surface area contributed by atoms with Crippen molar-refractivity contribution in [2.75, 3.05) is 26.6 Å². The number of aromatic nitrogens is 3. The molecule has 9 nitrogen and oxygen atoms in total. The lowest BCUT2D eigenvalue weighted by Crippen LogP contribution is -2.10. The molecule has 33 heavy (non-hydrogen) atoms. The lowest BCUT2D eigenvalue weighted by molar-refractivity contribution is 0.201. The fourth-order valence-corrected chi connectivity index (χ4v) is 3.92. The van der Waals surface area contributed by atoms with Gasteiger partial charge in [0, 0.05) is 17.9 Å². The largest absolute Gasteiger partial charge is 0.497 e. The zero-order valence-electron chi connectivity index (χ0n) is 17.9. The predicted molar refractivity (Wildman–Crippen MR) is 123 cm³/mol. The summed E-state index contributed by atoms with van der Waals surface area (Å²) in [6.07, 6.45) is 1.13. The maximum absolute atomic E-state index is 12.6. The number of aliphatic hydroxyl groups is 1. The van der Waals surface area contributed by atoms with E-state index in [1.165, 1.54) is 19.2 Å². The first-order valence-electron chi connectivity index (χ1n) is 9.94. The summed E-state index contributed by atoms with van der Waals surface area (Å²) in [5.74, 6) is 1.21. The Kier molecular flexibility index (Phi) is 6.12. The highest BCUT2D eigenvalue weighted by Gasteiger charge is 2.15. The van der Waals surface area contributed by atoms with Crippen LogP contribution in [0.3, 0.4) is 0 Å². The number of sulfone groups is 1. The second-order valence-corrected chi connectivity index (χ2v) is 9.23. The molecule has 2 aromatic carbocycles. The fraction of sp³-hybridized carbons (Fsp3) is 0.174. The van der Waals surface area contributed by atoms with Gasteiger partial charge in [-0.25, -0.2) is 18.4 Å². The van der Waals surface area contributed by atoms with Gasteiger partial charge in [-0.3, -0.25) is 4.79 Å². The van der Waals surface area contributed by atoms with Gasteiger partial charge in [0.1, 0.15) is 29.5 Å². The van der Waals surface area contributed by atoms with Crippen LogP contribution in [0.2, 0.25) is 0 Å². The van der Waals surface area contributed by atoms with Gasteiger partial charge in [-0.1, -0.05) is 12.1 Å². The van der Waals surface area contributed by atoms with Crippen LogP contribution in [0, 0.1) is 0 Å². The summed E-state index contributed by atoms with van der Waals surface area (Å²) in [6.45, 7) is -0.129. The molecule has 0 aliphatic carbocycles. The average Bonchev–Trinajstić information content (AvgIpc) is 2.81. The van der Waals surface area contributed by atoms with Crippen LogP contribution in [0.5, 0.6) is 11.5 Å². The molecule has 2 heterocycles. The number of pyridine rings is 1. The first kappa shape index (κ1) is 22.4. The molecule has 0 spiro atoms. The highest BCUT2D eigenvalue weighted by atomic mass is 32.2. The van der Waals surface area contributed by atoms with E-state index in [1.807, 2.05) is 0 Å². The second kappa shape index (κ2) is 9.00. The van der Waals surface area contributed by atoms with Gasteiger partial charge in [-0.2, -0.15) is 0 Å². The number of ether oxygens (including phenoxy) is 2. The summed E-state index contributed by atoms with van der Waals surface area (Å²) >= 11 is 0. The lowest BCUT2D eigenvalue weighted by atomic mass is 10.1. The van der Waals surface area contributed by atoms with E-state index in [0.717, 1.165) is 6.26 Å². The normalized spacial score (nSPS) is 11.5. The molecule has 0 atom stereocenters. The van der Waals surface area contributed by atoms with E-state index in [1.54, 1.807) is 42.5 Å². The van der Waals surface area contributed by atoms with Crippen molar-refractivity contribution >= 4 is 20.7 Å². The molecular weight excluding hydrogens is 446 g/mol. The Balaban J connectivity index is 1.84. The van der Waals surface area contributed by atoms with E-state index < -0.39 is 9.84 Å². The fourth-order valence-electron chi connectivity index (χ4n) is 3.28. The third kappa shape index (κ3) is 4.71. The molecule has 2 N–H and O–H groups in total. The number of fused-ring (bicyclic) bond motifs is 1. The van der Waals surface area contributed by atoms with Gasteiger partial charge in [0.15, 0.2) is 15.7 Å². The number of H-pyrrole nitrogens is 1. The molecule has 0 aliphatic heterocycles. The number of nitrogens with one attached hydrogen (secondary N) is 1. The number of aromatic amines is 1. The molecule has 0 saturated carbocycles.